The average molecular weight is 1840 g/mol. The third-order valence-electron chi connectivity index (χ3n) is 35.6. The third-order valence-corrected chi connectivity index (χ3v) is 51.3. The van der Waals surface area contributed by atoms with Gasteiger partial charge in [-0.1, -0.05) is 0 Å². The summed E-state index contributed by atoms with van der Waals surface area (Å²) in [6.07, 6.45) is 26.5. The van der Waals surface area contributed by atoms with Crippen molar-refractivity contribution in [2.45, 2.75) is 170 Å². The van der Waals surface area contributed by atoms with E-state index in [1.165, 1.54) is 77.0 Å². The van der Waals surface area contributed by atoms with E-state index in [0.29, 0.717) is 119 Å². The van der Waals surface area contributed by atoms with Gasteiger partial charge in [-0.2, -0.15) is 0 Å². The van der Waals surface area contributed by atoms with Gasteiger partial charge in [0.25, 0.3) is 0 Å². The normalized spacial score (nSPS) is 32.8. The molecule has 12 saturated carbocycles. The number of amidine groups is 10. The van der Waals surface area contributed by atoms with Gasteiger partial charge in [0.1, 0.15) is 0 Å². The van der Waals surface area contributed by atoms with Gasteiger partial charge < -0.3 is 0 Å². The van der Waals surface area contributed by atoms with Crippen molar-refractivity contribution >= 4 is 137 Å². The Hall–Kier alpha value is -9.56. The van der Waals surface area contributed by atoms with Gasteiger partial charge in [0, 0.05) is 0 Å². The van der Waals surface area contributed by atoms with Gasteiger partial charge >= 0.3 is 751 Å². The molecule has 0 saturated heterocycles. The summed E-state index contributed by atoms with van der Waals surface area (Å²) in [6.45, 7) is 22.4. The summed E-state index contributed by atoms with van der Waals surface area (Å²) in [4.78, 5) is 55.9. The minimum absolute atomic E-state index is 0.300. The molecular weight excluding hydrogens is 1730 g/mol. The predicted molar refractivity (Wildman–Crippen MR) is 502 cm³/mol. The van der Waals surface area contributed by atoms with Gasteiger partial charge in [-0.05, 0) is 0 Å². The van der Waals surface area contributed by atoms with E-state index in [9.17, 15) is 0 Å². The summed E-state index contributed by atoms with van der Waals surface area (Å²) in [5, 5.41) is 12.2. The first-order valence-electron chi connectivity index (χ1n) is 47.4. The first kappa shape index (κ1) is 76.5. The zero-order chi connectivity index (χ0) is 84.0. The number of nitrogens with one attached hydrogen (secondary N) is 2. The Morgan fingerprint density at radius 3 is 1.21 bits per heavy atom. The van der Waals surface area contributed by atoms with E-state index < -0.39 is 46.5 Å². The van der Waals surface area contributed by atoms with E-state index in [-0.39, 0.29) is 0 Å². The third kappa shape index (κ3) is 10.7. The molecule has 22 heteroatoms. The quantitative estimate of drug-likeness (QED) is 0.112. The summed E-state index contributed by atoms with van der Waals surface area (Å²) >= 11 is -10.3. The molecule has 20 nitrogen and oxygen atoms in total. The molecule has 126 heavy (non-hydrogen) atoms. The van der Waals surface area contributed by atoms with Crippen molar-refractivity contribution in [3.63, 3.8) is 0 Å². The van der Waals surface area contributed by atoms with Crippen LogP contribution in [-0.4, -0.2) is 132 Å². The molecule has 2 N–H and O–H groups in total. The molecule has 10 aliphatic heterocycles. The predicted octanol–water partition coefficient (Wildman–Crippen LogP) is 20.8. The van der Waals surface area contributed by atoms with Gasteiger partial charge in [-0.25, -0.2) is 0 Å². The van der Waals surface area contributed by atoms with Crippen LogP contribution in [0.2, 0.25) is 0 Å². The maximum atomic E-state index is 8.25. The number of rotatable bonds is 12. The average Bonchev–Trinajstić information content (AvgIpc) is 1.49. The summed E-state index contributed by atoms with van der Waals surface area (Å²) in [5.41, 5.74) is 14.1. The standard InChI is InChI=1S/C52H54GeN8O2.C32H20N8.2C10H17O.Sn/c1-51(2)31-23-21-29(41(51)25-31)27-62-53(63-28-30-22-24-32-26-42(30)52(32,3)4)60-47-37-17-9-10-18-38(37)49(60)58-45-35-15-7-8-16-36(35)46(55-45)59-50-40-20-12-11-19-39(40)48(61(50)53)57-44-34-14-6-5-13-33(34)43(54-44)56-47;1-2-10-18-17(9-1)25-33-26(18)38-28-21-13-5-6-14-22(21)30(35-28)40-32-24-16-8-7-15-23(24)31(36-32)39-29-20-12-4-3-11-19(20)27(34-29)37-25;2*1-10(2)8-4-3-7(6-11)9(10)5-8;/h5-7,9-15,17-20,29-32,41-42,47H,8,16,21-28H2,1-4H3,(H,54,56,57);1-7,9-15,27H,8,16H2,(H-,33,34,36,37,38,39,40);2*7-9H,3-6H2,1-2H3;/q;-2;2*-1;+4. The van der Waals surface area contributed by atoms with Crippen LogP contribution >= 0.6 is 0 Å². The first-order chi connectivity index (χ1) is 61.4. The van der Waals surface area contributed by atoms with Crippen LogP contribution < -0.4 is 10.6 Å². The second-order valence-corrected chi connectivity index (χ2v) is 55.3. The molecule has 12 fully saturated rings. The van der Waals surface area contributed by atoms with Crippen molar-refractivity contribution in [3.05, 3.63) is 237 Å². The van der Waals surface area contributed by atoms with Crippen LogP contribution in [-0.2, 0) is 13.7 Å². The summed E-state index contributed by atoms with van der Waals surface area (Å²) in [5.74, 6) is 18.0. The van der Waals surface area contributed by atoms with Crippen molar-refractivity contribution in [1.82, 2.24) is 23.9 Å². The van der Waals surface area contributed by atoms with Crippen LogP contribution in [0.15, 0.2) is 242 Å². The summed E-state index contributed by atoms with van der Waals surface area (Å²) < 4.78 is 42.8. The molecule has 24 aliphatic rings. The second-order valence-electron chi connectivity index (χ2n) is 42.4. The topological polar surface area (TPSA) is 201 Å². The molecule has 0 spiro atoms. The number of aromatic nitrogens is 2. The molecule has 20 bridgehead atoms. The SMILES string of the molecule is CC1(C)C2CCC(C[O][Ge]3([O]CC4CCC5CC4C5(C)C)[N]4C5=NC6=NC(=Nc7c8ccccc8c([n]73)N=C3N=C(NC4c4ccccc45)c4ccccc43)C3=C6C=CCC3)C1C2.CC1(C)C2CCC(C[O][Sn]3([O]CC4CCC5CC4C5(C)C)[N]4C5=NC6=NC(=Nc7c8ccccc8c([n]73)N=C3N=C(NC4c4ccccc45)c4ccccc43)C3=C6C=CCC3)C1C2. The number of nitrogens with zero attached hydrogens (tertiary/aromatic N) is 14. The van der Waals surface area contributed by atoms with Crippen molar-refractivity contribution in [2.75, 3.05) is 26.4 Å². The number of aliphatic imine (C=N–C) groups is 10. The molecule has 0 amide bonds. The van der Waals surface area contributed by atoms with E-state index >= 15 is 0 Å². The fourth-order valence-corrected chi connectivity index (χ4v) is 45.6. The molecule has 636 valence electrons. The fourth-order valence-electron chi connectivity index (χ4n) is 28.0. The molecule has 6 aromatic carbocycles. The molecule has 2 aromatic heterocycles. The van der Waals surface area contributed by atoms with Crippen LogP contribution in [0.25, 0.3) is 21.5 Å². The Balaban J connectivity index is 0.000000131. The number of benzene rings is 6. The van der Waals surface area contributed by atoms with Crippen molar-refractivity contribution in [2.24, 2.45) is 143 Å². The Morgan fingerprint density at radius 1 is 0.373 bits per heavy atom. The van der Waals surface area contributed by atoms with Crippen LogP contribution in [0, 0.1) is 92.7 Å². The Labute approximate surface area is 745 Å². The van der Waals surface area contributed by atoms with E-state index in [2.05, 4.69) is 249 Å². The molecule has 12 heterocycles. The van der Waals surface area contributed by atoms with Crippen LogP contribution in [0.1, 0.15) is 215 Å². The van der Waals surface area contributed by atoms with Crippen LogP contribution in [0.4, 0.5) is 23.3 Å². The van der Waals surface area contributed by atoms with Gasteiger partial charge in [0.15, 0.2) is 0 Å². The monoisotopic (exact) mass is 1840 g/mol. The molecule has 14 atom stereocenters. The fraction of sp³-hybridized carbons (Fsp3) is 0.442. The van der Waals surface area contributed by atoms with Gasteiger partial charge in [0.2, 0.25) is 0 Å². The maximum absolute atomic E-state index is 8.25. The number of fused-ring (bicyclic) bond motifs is 34. The van der Waals surface area contributed by atoms with Gasteiger partial charge in [0.05, 0.1) is 0 Å². The molecule has 14 unspecified atom stereocenters. The van der Waals surface area contributed by atoms with E-state index in [4.69, 9.17) is 63.6 Å². The first-order valence-corrected chi connectivity index (χ1v) is 55.9. The number of allylic oxidation sites excluding steroid dienone is 2. The molecule has 0 radical (unpaired) electrons. The zero-order valence-electron chi connectivity index (χ0n) is 73.3. The van der Waals surface area contributed by atoms with Crippen molar-refractivity contribution < 1.29 is 13.7 Å². The number of hydrogen-bond donors (Lipinski definition) is 2. The molecule has 14 aliphatic carbocycles. The number of hydrogen-bond acceptors (Lipinski definition) is 18. The van der Waals surface area contributed by atoms with Crippen molar-refractivity contribution in [3.8, 4) is 0 Å². The summed E-state index contributed by atoms with van der Waals surface area (Å²) in [6, 6.07) is 51.9. The minimum atomic E-state index is -5.36. The van der Waals surface area contributed by atoms with E-state index in [0.717, 1.165) is 196 Å². The Bertz CT molecular complexity index is 6160. The zero-order valence-corrected chi connectivity index (χ0v) is 78.2. The van der Waals surface area contributed by atoms with Gasteiger partial charge in [-0.3, -0.25) is 0 Å². The second kappa shape index (κ2) is 27.5. The van der Waals surface area contributed by atoms with Crippen molar-refractivity contribution in [1.29, 1.82) is 0 Å². The molecule has 32 rings (SSSR count). The molecular formula is C104H108GeN16O4Sn. The van der Waals surface area contributed by atoms with E-state index in [1.54, 1.807) is 0 Å². The Kier molecular flexibility index (Phi) is 16.7. The van der Waals surface area contributed by atoms with E-state index in [1.807, 2.05) is 0 Å². The van der Waals surface area contributed by atoms with Crippen LogP contribution in [0.5, 0.6) is 0 Å². The Morgan fingerprint density at radius 2 is 0.746 bits per heavy atom. The van der Waals surface area contributed by atoms with Crippen LogP contribution in [0.3, 0.4) is 0 Å². The van der Waals surface area contributed by atoms with Gasteiger partial charge in [-0.15, -0.1) is 0 Å². The summed E-state index contributed by atoms with van der Waals surface area (Å²) in [7, 11) is 0. The molecule has 8 aromatic rings.